The number of alkyl halides is 3. The number of H-pyrrole nitrogens is 1. The first-order chi connectivity index (χ1) is 16.2. The molecule has 0 saturated carbocycles. The van der Waals surface area contributed by atoms with Gasteiger partial charge in [-0.3, -0.25) is 14.5 Å². The second-order valence-corrected chi connectivity index (χ2v) is 8.98. The number of anilines is 1. The first-order valence-electron chi connectivity index (χ1n) is 11.7. The van der Waals surface area contributed by atoms with Gasteiger partial charge in [0, 0.05) is 49.9 Å². The summed E-state index contributed by atoms with van der Waals surface area (Å²) in [6.07, 6.45) is -0.283. The van der Waals surface area contributed by atoms with E-state index in [4.69, 9.17) is 0 Å². The van der Waals surface area contributed by atoms with Gasteiger partial charge in [-0.1, -0.05) is 13.0 Å². The van der Waals surface area contributed by atoms with Crippen molar-refractivity contribution >= 4 is 11.6 Å². The Bertz CT molecular complexity index is 1090. The summed E-state index contributed by atoms with van der Waals surface area (Å²) in [5, 5.41) is 2.31. The molecule has 0 aromatic carbocycles. The quantitative estimate of drug-likeness (QED) is 0.692. The first kappa shape index (κ1) is 24.3. The number of aromatic amines is 1. The SMILES string of the molecule is CCc1ccc(C2CCN(C3CCN(c4cnc(C(=O)NC)cc4C(F)(F)F)CC3)C2)[nH]c1=O. The monoisotopic (exact) mass is 477 g/mol. The van der Waals surface area contributed by atoms with Gasteiger partial charge in [0.25, 0.3) is 11.5 Å². The van der Waals surface area contributed by atoms with Crippen LogP contribution in [0.25, 0.3) is 0 Å². The average Bonchev–Trinajstić information content (AvgIpc) is 3.33. The lowest BCUT2D eigenvalue weighted by Crippen LogP contribution is -2.44. The second kappa shape index (κ2) is 9.77. The van der Waals surface area contributed by atoms with Crippen LogP contribution in [0, 0.1) is 0 Å². The number of rotatable bonds is 5. The molecule has 2 aliphatic rings. The molecule has 184 valence electrons. The summed E-state index contributed by atoms with van der Waals surface area (Å²) in [5.74, 6) is -0.389. The minimum atomic E-state index is -4.58. The predicted molar refractivity (Wildman–Crippen MR) is 123 cm³/mol. The largest absolute Gasteiger partial charge is 0.418 e. The lowest BCUT2D eigenvalue weighted by molar-refractivity contribution is -0.137. The van der Waals surface area contributed by atoms with E-state index in [1.165, 1.54) is 7.05 Å². The Kier molecular flexibility index (Phi) is 6.97. The zero-order chi connectivity index (χ0) is 24.5. The third-order valence-corrected chi connectivity index (χ3v) is 7.02. The molecule has 1 atom stereocenters. The Hall–Kier alpha value is -2.88. The highest BCUT2D eigenvalue weighted by Gasteiger charge is 2.38. The van der Waals surface area contributed by atoms with Crippen molar-refractivity contribution in [3.05, 3.63) is 57.3 Å². The van der Waals surface area contributed by atoms with Gasteiger partial charge in [-0.2, -0.15) is 13.2 Å². The molecule has 1 amide bonds. The molecule has 2 N–H and O–H groups in total. The van der Waals surface area contributed by atoms with Crippen LogP contribution in [0.15, 0.2) is 29.2 Å². The highest BCUT2D eigenvalue weighted by atomic mass is 19.4. The van der Waals surface area contributed by atoms with E-state index in [1.807, 2.05) is 19.1 Å². The Labute approximate surface area is 196 Å². The highest BCUT2D eigenvalue weighted by molar-refractivity contribution is 5.92. The van der Waals surface area contributed by atoms with Crippen LogP contribution < -0.4 is 15.8 Å². The van der Waals surface area contributed by atoms with Crippen molar-refractivity contribution in [3.63, 3.8) is 0 Å². The molecular weight excluding hydrogens is 447 g/mol. The van der Waals surface area contributed by atoms with Crippen molar-refractivity contribution in [1.29, 1.82) is 0 Å². The van der Waals surface area contributed by atoms with Crippen LogP contribution >= 0.6 is 0 Å². The molecule has 7 nitrogen and oxygen atoms in total. The van der Waals surface area contributed by atoms with Crippen LogP contribution in [-0.4, -0.2) is 60.0 Å². The molecule has 10 heteroatoms. The smallest absolute Gasteiger partial charge is 0.370 e. The molecule has 2 saturated heterocycles. The van der Waals surface area contributed by atoms with Gasteiger partial charge in [-0.05, 0) is 44.4 Å². The fourth-order valence-corrected chi connectivity index (χ4v) is 5.06. The Balaban J connectivity index is 1.41. The number of nitrogens with one attached hydrogen (secondary N) is 2. The van der Waals surface area contributed by atoms with Crippen molar-refractivity contribution in [2.45, 2.75) is 50.7 Å². The number of amides is 1. The first-order valence-corrected chi connectivity index (χ1v) is 11.7. The van der Waals surface area contributed by atoms with Crippen molar-refractivity contribution in [1.82, 2.24) is 20.2 Å². The van der Waals surface area contributed by atoms with Crippen molar-refractivity contribution < 1.29 is 18.0 Å². The van der Waals surface area contributed by atoms with Gasteiger partial charge in [0.15, 0.2) is 0 Å². The summed E-state index contributed by atoms with van der Waals surface area (Å²) in [6.45, 7) is 4.67. The van der Waals surface area contributed by atoms with E-state index in [0.717, 1.165) is 55.9 Å². The minimum Gasteiger partial charge on any atom is -0.370 e. The van der Waals surface area contributed by atoms with Crippen LogP contribution in [0.2, 0.25) is 0 Å². The Morgan fingerprint density at radius 1 is 1.21 bits per heavy atom. The molecule has 2 aliphatic heterocycles. The fraction of sp³-hybridized carbons (Fsp3) is 0.542. The van der Waals surface area contributed by atoms with Crippen molar-refractivity contribution in [2.75, 3.05) is 38.1 Å². The van der Waals surface area contributed by atoms with Crippen LogP contribution in [-0.2, 0) is 12.6 Å². The molecule has 2 fully saturated rings. The van der Waals surface area contributed by atoms with Gasteiger partial charge in [0.05, 0.1) is 17.4 Å². The van der Waals surface area contributed by atoms with E-state index in [-0.39, 0.29) is 28.9 Å². The third-order valence-electron chi connectivity index (χ3n) is 7.02. The maximum absolute atomic E-state index is 13.7. The summed E-state index contributed by atoms with van der Waals surface area (Å²) in [5.41, 5.74) is 0.651. The van der Waals surface area contributed by atoms with E-state index >= 15 is 0 Å². The number of pyridine rings is 2. The van der Waals surface area contributed by atoms with Crippen LogP contribution in [0.4, 0.5) is 18.9 Å². The maximum Gasteiger partial charge on any atom is 0.418 e. The van der Waals surface area contributed by atoms with E-state index in [2.05, 4.69) is 20.2 Å². The molecule has 1 unspecified atom stereocenters. The summed E-state index contributed by atoms with van der Waals surface area (Å²) in [4.78, 5) is 35.0. The normalized spacial score (nSPS) is 20.0. The van der Waals surface area contributed by atoms with Gasteiger partial charge in [-0.15, -0.1) is 0 Å². The lowest BCUT2D eigenvalue weighted by atomic mass is 10.0. The highest BCUT2D eigenvalue weighted by Crippen LogP contribution is 2.38. The Morgan fingerprint density at radius 2 is 1.94 bits per heavy atom. The molecule has 34 heavy (non-hydrogen) atoms. The molecule has 4 heterocycles. The topological polar surface area (TPSA) is 81.3 Å². The van der Waals surface area contributed by atoms with Crippen molar-refractivity contribution in [2.24, 2.45) is 0 Å². The number of carbonyl (C=O) groups is 1. The number of piperidine rings is 1. The summed E-state index contributed by atoms with van der Waals surface area (Å²) in [6, 6.07) is 5.02. The number of nitrogens with zero attached hydrogens (tertiary/aromatic N) is 3. The average molecular weight is 478 g/mol. The van der Waals surface area contributed by atoms with E-state index < -0.39 is 17.6 Å². The van der Waals surface area contributed by atoms with Gasteiger partial charge in [-0.25, -0.2) is 4.98 Å². The number of halogens is 3. The van der Waals surface area contributed by atoms with Crippen LogP contribution in [0.5, 0.6) is 0 Å². The predicted octanol–water partition coefficient (Wildman–Crippen LogP) is 3.17. The number of carbonyl (C=O) groups excluding carboxylic acids is 1. The van der Waals surface area contributed by atoms with Crippen molar-refractivity contribution in [3.8, 4) is 0 Å². The molecule has 0 radical (unpaired) electrons. The standard InChI is InChI=1S/C24H30F3N5O2/c1-3-15-4-5-19(30-22(15)33)16-6-9-32(14-16)17-7-10-31(11-8-17)21-13-29-20(23(34)28-2)12-18(21)24(25,26)27/h4-5,12-13,16-17H,3,6-11,14H2,1-2H3,(H,28,34)(H,30,33). The number of aromatic nitrogens is 2. The number of aryl methyl sites for hydroxylation is 1. The van der Waals surface area contributed by atoms with Gasteiger partial charge in [0.1, 0.15) is 5.69 Å². The third kappa shape index (κ3) is 4.96. The van der Waals surface area contributed by atoms with E-state index in [0.29, 0.717) is 19.5 Å². The Morgan fingerprint density at radius 3 is 2.56 bits per heavy atom. The minimum absolute atomic E-state index is 0.0199. The summed E-state index contributed by atoms with van der Waals surface area (Å²) >= 11 is 0. The fourth-order valence-electron chi connectivity index (χ4n) is 5.06. The second-order valence-electron chi connectivity index (χ2n) is 8.98. The molecule has 2 aromatic heterocycles. The van der Waals surface area contributed by atoms with Gasteiger partial charge < -0.3 is 15.2 Å². The molecule has 0 spiro atoms. The zero-order valence-electron chi connectivity index (χ0n) is 19.4. The summed E-state index contributed by atoms with van der Waals surface area (Å²) < 4.78 is 41.2. The number of hydrogen-bond acceptors (Lipinski definition) is 5. The van der Waals surface area contributed by atoms with Crippen LogP contribution in [0.1, 0.15) is 59.4 Å². The van der Waals surface area contributed by atoms with Gasteiger partial charge >= 0.3 is 6.18 Å². The summed E-state index contributed by atoms with van der Waals surface area (Å²) in [7, 11) is 1.36. The molecule has 2 aromatic rings. The van der Waals surface area contributed by atoms with E-state index in [9.17, 15) is 22.8 Å². The number of hydrogen-bond donors (Lipinski definition) is 2. The molecule has 0 aliphatic carbocycles. The molecule has 4 rings (SSSR count). The number of likely N-dealkylation sites (tertiary alicyclic amines) is 1. The van der Waals surface area contributed by atoms with Gasteiger partial charge in [0.2, 0.25) is 0 Å². The van der Waals surface area contributed by atoms with E-state index in [1.54, 1.807) is 4.90 Å². The maximum atomic E-state index is 13.7. The molecular formula is C24H30F3N5O2. The molecule has 0 bridgehead atoms. The zero-order valence-corrected chi connectivity index (χ0v) is 19.4. The van der Waals surface area contributed by atoms with Crippen LogP contribution in [0.3, 0.4) is 0 Å². The lowest BCUT2D eigenvalue weighted by Gasteiger charge is -2.38.